The number of hydrogen-bond donors (Lipinski definition) is 1. The molecule has 4 heteroatoms. The van der Waals surface area contributed by atoms with Crippen LogP contribution in [0.3, 0.4) is 0 Å². The van der Waals surface area contributed by atoms with Gasteiger partial charge in [0.15, 0.2) is 0 Å². The van der Waals surface area contributed by atoms with Crippen molar-refractivity contribution in [3.63, 3.8) is 0 Å². The summed E-state index contributed by atoms with van der Waals surface area (Å²) in [5.74, 6) is -0.0174. The summed E-state index contributed by atoms with van der Waals surface area (Å²) in [6.07, 6.45) is 1.58. The van der Waals surface area contributed by atoms with E-state index in [1.807, 2.05) is 0 Å². The van der Waals surface area contributed by atoms with Crippen LogP contribution >= 0.6 is 11.8 Å². The smallest absolute Gasteiger partial charge is 0.237 e. The van der Waals surface area contributed by atoms with Gasteiger partial charge in [0.1, 0.15) is 0 Å². The van der Waals surface area contributed by atoms with E-state index in [0.717, 1.165) is 12.8 Å². The molecule has 0 aliphatic carbocycles. The largest absolute Gasteiger partial charge is 0.381 e. The summed E-state index contributed by atoms with van der Waals surface area (Å²) in [5, 5.41) is 0. The van der Waals surface area contributed by atoms with Gasteiger partial charge in [-0.1, -0.05) is 0 Å². The van der Waals surface area contributed by atoms with Crippen molar-refractivity contribution < 1.29 is 9.53 Å². The molecule has 0 atom stereocenters. The quantitative estimate of drug-likeness (QED) is 0.578. The average molecular weight is 164 g/mol. The Kier molecular flexibility index (Phi) is 2.96. The van der Waals surface area contributed by atoms with E-state index in [2.05, 4.69) is 4.84 Å². The van der Waals surface area contributed by atoms with Crippen LogP contribution in [-0.2, 0) is 9.53 Å². The number of amides is 1. The van der Waals surface area contributed by atoms with Gasteiger partial charge in [-0.15, -0.1) is 0 Å². The number of halogens is 1. The van der Waals surface area contributed by atoms with Crippen molar-refractivity contribution in [2.24, 2.45) is 5.92 Å². The molecule has 58 valence electrons. The Morgan fingerprint density at radius 2 is 2.10 bits per heavy atom. The standard InChI is InChI=1S/C6H10ClNO2/c7-8-6(9)5-1-3-10-4-2-5/h5H,1-4H2,(H,8,9). The molecular formula is C6H10ClNO2. The van der Waals surface area contributed by atoms with Crippen molar-refractivity contribution in [3.05, 3.63) is 0 Å². The first-order valence-electron chi connectivity index (χ1n) is 3.33. The van der Waals surface area contributed by atoms with Gasteiger partial charge in [0.25, 0.3) is 0 Å². The Balaban J connectivity index is 2.31. The van der Waals surface area contributed by atoms with E-state index in [1.165, 1.54) is 0 Å². The van der Waals surface area contributed by atoms with Crippen molar-refractivity contribution in [3.8, 4) is 0 Å². The molecule has 10 heavy (non-hydrogen) atoms. The lowest BCUT2D eigenvalue weighted by molar-refractivity contribution is -0.126. The third-order valence-corrected chi connectivity index (χ3v) is 1.87. The molecule has 1 heterocycles. The van der Waals surface area contributed by atoms with Crippen LogP contribution in [0.15, 0.2) is 0 Å². The molecule has 0 aromatic carbocycles. The topological polar surface area (TPSA) is 38.3 Å². The van der Waals surface area contributed by atoms with Crippen LogP contribution in [-0.4, -0.2) is 19.1 Å². The molecule has 0 spiro atoms. The predicted molar refractivity (Wildman–Crippen MR) is 37.5 cm³/mol. The number of carbonyl (C=O) groups excluding carboxylic acids is 1. The number of hydrogen-bond acceptors (Lipinski definition) is 2. The van der Waals surface area contributed by atoms with Gasteiger partial charge >= 0.3 is 0 Å². The van der Waals surface area contributed by atoms with Crippen LogP contribution in [0, 0.1) is 5.92 Å². The first-order valence-corrected chi connectivity index (χ1v) is 3.70. The summed E-state index contributed by atoms with van der Waals surface area (Å²) < 4.78 is 5.07. The minimum atomic E-state index is -0.0787. The highest BCUT2D eigenvalue weighted by Gasteiger charge is 2.20. The predicted octanol–water partition coefficient (Wildman–Crippen LogP) is 0.683. The van der Waals surface area contributed by atoms with Gasteiger partial charge in [-0.25, -0.2) is 0 Å². The molecule has 0 bridgehead atoms. The minimum absolute atomic E-state index is 0.0613. The monoisotopic (exact) mass is 163 g/mol. The maximum Gasteiger partial charge on any atom is 0.237 e. The Morgan fingerprint density at radius 3 is 2.60 bits per heavy atom. The molecule has 1 N–H and O–H groups in total. The second-order valence-corrected chi connectivity index (χ2v) is 2.53. The fourth-order valence-electron chi connectivity index (χ4n) is 1.04. The summed E-state index contributed by atoms with van der Waals surface area (Å²) in [4.78, 5) is 13.0. The number of nitrogens with one attached hydrogen (secondary N) is 1. The van der Waals surface area contributed by atoms with Gasteiger partial charge in [0, 0.05) is 30.9 Å². The SMILES string of the molecule is O=C(NCl)C1CCOCC1. The van der Waals surface area contributed by atoms with Crippen LogP contribution in [0.2, 0.25) is 0 Å². The second-order valence-electron chi connectivity index (χ2n) is 2.35. The fourth-order valence-corrected chi connectivity index (χ4v) is 1.19. The third kappa shape index (κ3) is 1.85. The van der Waals surface area contributed by atoms with E-state index >= 15 is 0 Å². The van der Waals surface area contributed by atoms with Crippen molar-refractivity contribution >= 4 is 17.7 Å². The van der Waals surface area contributed by atoms with Crippen molar-refractivity contribution in [1.29, 1.82) is 0 Å². The Bertz CT molecular complexity index is 123. The van der Waals surface area contributed by atoms with E-state index < -0.39 is 0 Å². The molecule has 1 fully saturated rings. The van der Waals surface area contributed by atoms with Crippen LogP contribution in [0.1, 0.15) is 12.8 Å². The lowest BCUT2D eigenvalue weighted by Gasteiger charge is -2.19. The zero-order valence-corrected chi connectivity index (χ0v) is 6.36. The first kappa shape index (κ1) is 7.82. The Labute approximate surface area is 64.8 Å². The Morgan fingerprint density at radius 1 is 1.50 bits per heavy atom. The summed E-state index contributed by atoms with van der Waals surface area (Å²) in [6, 6.07) is 0. The van der Waals surface area contributed by atoms with E-state index in [4.69, 9.17) is 16.5 Å². The summed E-state index contributed by atoms with van der Waals surface area (Å²) in [6.45, 7) is 1.35. The van der Waals surface area contributed by atoms with Gasteiger partial charge in [-0.2, -0.15) is 0 Å². The summed E-state index contributed by atoms with van der Waals surface area (Å²) in [5.41, 5.74) is 0. The first-order chi connectivity index (χ1) is 4.84. The fraction of sp³-hybridized carbons (Fsp3) is 0.833. The number of carbonyl (C=O) groups is 1. The van der Waals surface area contributed by atoms with Crippen LogP contribution in [0.5, 0.6) is 0 Å². The number of rotatable bonds is 1. The molecular weight excluding hydrogens is 154 g/mol. The van der Waals surface area contributed by atoms with E-state index in [-0.39, 0.29) is 11.8 Å². The van der Waals surface area contributed by atoms with Crippen molar-refractivity contribution in [2.75, 3.05) is 13.2 Å². The molecule has 3 nitrogen and oxygen atoms in total. The highest BCUT2D eigenvalue weighted by molar-refractivity contribution is 6.21. The van der Waals surface area contributed by atoms with Crippen LogP contribution in [0.4, 0.5) is 0 Å². The molecule has 0 radical (unpaired) electrons. The Hall–Kier alpha value is -0.280. The van der Waals surface area contributed by atoms with Crippen molar-refractivity contribution in [1.82, 2.24) is 4.84 Å². The molecule has 0 aromatic heterocycles. The van der Waals surface area contributed by atoms with Crippen LogP contribution in [0.25, 0.3) is 0 Å². The molecule has 0 saturated carbocycles. The third-order valence-electron chi connectivity index (χ3n) is 1.69. The average Bonchev–Trinajstić information content (AvgIpc) is 2.05. The van der Waals surface area contributed by atoms with Gasteiger partial charge in [0.05, 0.1) is 0 Å². The highest BCUT2D eigenvalue weighted by Crippen LogP contribution is 2.14. The van der Waals surface area contributed by atoms with Crippen molar-refractivity contribution in [2.45, 2.75) is 12.8 Å². The molecule has 0 aromatic rings. The molecule has 1 aliphatic rings. The second kappa shape index (κ2) is 3.78. The molecule has 1 rings (SSSR count). The van der Waals surface area contributed by atoms with E-state index in [9.17, 15) is 4.79 Å². The molecule has 1 saturated heterocycles. The lowest BCUT2D eigenvalue weighted by atomic mass is 10.0. The lowest BCUT2D eigenvalue weighted by Crippen LogP contribution is -2.29. The van der Waals surface area contributed by atoms with Gasteiger partial charge in [-0.3, -0.25) is 9.63 Å². The van der Waals surface area contributed by atoms with E-state index in [1.54, 1.807) is 0 Å². The maximum atomic E-state index is 10.9. The molecule has 0 unspecified atom stereocenters. The summed E-state index contributed by atoms with van der Waals surface area (Å²) >= 11 is 5.14. The zero-order chi connectivity index (χ0) is 7.40. The molecule has 1 aliphatic heterocycles. The minimum Gasteiger partial charge on any atom is -0.381 e. The zero-order valence-electron chi connectivity index (χ0n) is 5.60. The summed E-state index contributed by atoms with van der Waals surface area (Å²) in [7, 11) is 0. The van der Waals surface area contributed by atoms with Gasteiger partial charge in [-0.05, 0) is 12.8 Å². The molecule has 1 amide bonds. The van der Waals surface area contributed by atoms with E-state index in [0.29, 0.717) is 13.2 Å². The normalized spacial score (nSPS) is 20.5. The van der Waals surface area contributed by atoms with Gasteiger partial charge < -0.3 is 4.74 Å². The highest BCUT2D eigenvalue weighted by atomic mass is 35.5. The van der Waals surface area contributed by atoms with Crippen LogP contribution < -0.4 is 4.84 Å². The van der Waals surface area contributed by atoms with Gasteiger partial charge in [0.2, 0.25) is 5.91 Å². The maximum absolute atomic E-state index is 10.9. The number of ether oxygens (including phenoxy) is 1.